The second-order valence-corrected chi connectivity index (χ2v) is 14.3. The molecule has 0 amide bonds. The number of unbranched alkanes of at least 4 members (excludes halogenated alkanes) is 4. The van der Waals surface area contributed by atoms with E-state index in [9.17, 15) is 9.59 Å². The lowest BCUT2D eigenvalue weighted by Crippen LogP contribution is -2.60. The Morgan fingerprint density at radius 3 is 1.55 bits per heavy atom. The highest BCUT2D eigenvalue weighted by Crippen LogP contribution is 2.39. The Labute approximate surface area is 231 Å². The van der Waals surface area contributed by atoms with Crippen molar-refractivity contribution >= 4 is 11.9 Å². The van der Waals surface area contributed by atoms with E-state index in [0.29, 0.717) is 32.1 Å². The number of ether oxygens (including phenoxy) is 2. The summed E-state index contributed by atoms with van der Waals surface area (Å²) in [6, 6.07) is 0. The van der Waals surface area contributed by atoms with Crippen LogP contribution >= 0.6 is 0 Å². The maximum Gasteiger partial charge on any atom is 0.309 e. The molecule has 2 heterocycles. The average Bonchev–Trinajstić information content (AvgIpc) is 2.76. The summed E-state index contributed by atoms with van der Waals surface area (Å²) in [5, 5.41) is 20.1. The highest BCUT2D eigenvalue weighted by atomic mass is 16.6. The van der Waals surface area contributed by atoms with Gasteiger partial charge in [0.25, 0.3) is 0 Å². The minimum absolute atomic E-state index is 0.0751. The zero-order chi connectivity index (χ0) is 28.9. The molecule has 2 aliphatic heterocycles. The summed E-state index contributed by atoms with van der Waals surface area (Å²) in [6.07, 6.45) is 9.40. The summed E-state index contributed by atoms with van der Waals surface area (Å²) >= 11 is 0. The maximum absolute atomic E-state index is 12.9. The van der Waals surface area contributed by atoms with E-state index in [-0.39, 0.29) is 52.2 Å². The van der Waals surface area contributed by atoms with E-state index in [1.807, 2.05) is 62.3 Å². The van der Waals surface area contributed by atoms with Gasteiger partial charge in [-0.25, -0.2) is 0 Å². The molecule has 2 saturated heterocycles. The molecule has 0 radical (unpaired) electrons. The number of nitrogens with zero attached hydrogens (tertiary/aromatic N) is 2. The van der Waals surface area contributed by atoms with E-state index in [4.69, 9.17) is 19.9 Å². The van der Waals surface area contributed by atoms with Crippen LogP contribution in [0.4, 0.5) is 0 Å². The van der Waals surface area contributed by atoms with Crippen molar-refractivity contribution < 1.29 is 29.5 Å². The summed E-state index contributed by atoms with van der Waals surface area (Å²) < 4.78 is 11.8. The summed E-state index contributed by atoms with van der Waals surface area (Å²) in [5.41, 5.74) is -1.29. The molecule has 0 saturated carbocycles. The summed E-state index contributed by atoms with van der Waals surface area (Å²) in [4.78, 5) is 25.3. The van der Waals surface area contributed by atoms with Crippen LogP contribution in [0.3, 0.4) is 0 Å². The lowest BCUT2D eigenvalue weighted by Gasteiger charge is -2.47. The van der Waals surface area contributed by atoms with E-state index < -0.39 is 0 Å². The molecular weight excluding hydrogens is 484 g/mol. The molecule has 38 heavy (non-hydrogen) atoms. The van der Waals surface area contributed by atoms with E-state index in [2.05, 4.69) is 0 Å². The van der Waals surface area contributed by atoms with Gasteiger partial charge in [-0.05, 0) is 74.7 Å². The van der Waals surface area contributed by atoms with Crippen molar-refractivity contribution in [1.82, 2.24) is 10.1 Å². The molecule has 8 heteroatoms. The zero-order valence-corrected chi connectivity index (χ0v) is 25.7. The van der Waals surface area contributed by atoms with E-state index in [0.717, 1.165) is 44.9 Å². The number of hydroxylamine groups is 4. The topological polar surface area (TPSA) is 105 Å². The van der Waals surface area contributed by atoms with Gasteiger partial charge in [0.05, 0.1) is 28.1 Å². The van der Waals surface area contributed by atoms with Crippen LogP contribution in [0, 0.1) is 5.92 Å². The van der Waals surface area contributed by atoms with Crippen molar-refractivity contribution in [3.8, 4) is 0 Å². The zero-order valence-electron chi connectivity index (χ0n) is 25.7. The van der Waals surface area contributed by atoms with Gasteiger partial charge in [0, 0.05) is 32.1 Å². The first-order valence-corrected chi connectivity index (χ1v) is 14.8. The molecule has 4 N–H and O–H groups in total. The van der Waals surface area contributed by atoms with Crippen molar-refractivity contribution in [2.24, 2.45) is 5.92 Å². The van der Waals surface area contributed by atoms with Gasteiger partial charge < -0.3 is 19.9 Å². The minimum Gasteiger partial charge on any atom is -0.462 e. The van der Waals surface area contributed by atoms with Crippen LogP contribution in [0.1, 0.15) is 139 Å². The van der Waals surface area contributed by atoms with Gasteiger partial charge in [0.15, 0.2) is 0 Å². The first kappa shape index (κ1) is 33.0. The molecule has 0 spiro atoms. The van der Waals surface area contributed by atoms with Crippen LogP contribution in [-0.2, 0) is 19.1 Å². The maximum atomic E-state index is 12.9. The van der Waals surface area contributed by atoms with Crippen LogP contribution in [0.15, 0.2) is 0 Å². The third-order valence-corrected chi connectivity index (χ3v) is 8.67. The molecule has 0 bridgehead atoms. The van der Waals surface area contributed by atoms with Crippen LogP contribution in [-0.4, -0.2) is 66.8 Å². The number of hydrogen-bond acceptors (Lipinski definition) is 6. The van der Waals surface area contributed by atoms with Crippen molar-refractivity contribution in [3.63, 3.8) is 0 Å². The van der Waals surface area contributed by atoms with Crippen molar-refractivity contribution in [2.45, 2.75) is 174 Å². The van der Waals surface area contributed by atoms with Gasteiger partial charge in [-0.3, -0.25) is 9.59 Å². The molecule has 2 fully saturated rings. The van der Waals surface area contributed by atoms with Crippen molar-refractivity contribution in [3.05, 3.63) is 0 Å². The van der Waals surface area contributed by atoms with E-state index in [1.165, 1.54) is 0 Å². The number of carbonyl (C=O) groups excluding carboxylic acids is 2. The van der Waals surface area contributed by atoms with Gasteiger partial charge in [-0.15, -0.1) is 0 Å². The van der Waals surface area contributed by atoms with Crippen LogP contribution < -0.4 is 0 Å². The second kappa shape index (κ2) is 13.0. The predicted molar refractivity (Wildman–Crippen MR) is 152 cm³/mol. The fourth-order valence-electron chi connectivity index (χ4n) is 6.73. The number of hydrogen-bond donors (Lipinski definition) is 0. The average molecular weight is 543 g/mol. The smallest absolute Gasteiger partial charge is 0.309 e. The monoisotopic (exact) mass is 542 g/mol. The Morgan fingerprint density at radius 2 is 1.11 bits per heavy atom. The Bertz CT molecular complexity index is 758. The first-order chi connectivity index (χ1) is 17.4. The molecule has 0 aromatic carbocycles. The molecule has 8 nitrogen and oxygen atoms in total. The molecule has 0 aliphatic carbocycles. The van der Waals surface area contributed by atoms with Crippen LogP contribution in [0.25, 0.3) is 0 Å². The van der Waals surface area contributed by atoms with Gasteiger partial charge in [0.2, 0.25) is 0 Å². The van der Waals surface area contributed by atoms with Gasteiger partial charge in [-0.1, -0.05) is 42.7 Å². The van der Waals surface area contributed by atoms with Gasteiger partial charge in [0.1, 0.15) is 12.2 Å². The van der Waals surface area contributed by atoms with Gasteiger partial charge in [-0.2, -0.15) is 0 Å². The van der Waals surface area contributed by atoms with Crippen molar-refractivity contribution in [1.29, 1.82) is 0 Å². The third kappa shape index (κ3) is 8.90. The summed E-state index contributed by atoms with van der Waals surface area (Å²) in [7, 11) is 0. The molecule has 2 rings (SSSR count). The van der Waals surface area contributed by atoms with Crippen LogP contribution in [0.2, 0.25) is 0 Å². The minimum atomic E-state index is -0.326. The quantitative estimate of drug-likeness (QED) is 0.192. The molecule has 1 unspecified atom stereocenters. The Kier molecular flexibility index (Phi) is 11.3. The molecule has 1 atom stereocenters. The Hall–Kier alpha value is -1.22. The standard InChI is InChI=1S/C30H56N2O6/c1-10-22(26(34)38-24-20-29(6,7)32(36)30(8,9)21-24)16-14-12-11-13-15-17-25(33)37-23-18-27(2,3)31(35)28(4,5)19-23/h22-24,35-36H,10-21H2,1-9H3/p+2. The number of esters is 2. The fraction of sp³-hybridized carbons (Fsp3) is 0.933. The fourth-order valence-corrected chi connectivity index (χ4v) is 6.73. The molecule has 0 aromatic rings. The van der Waals surface area contributed by atoms with E-state index >= 15 is 0 Å². The Balaban J connectivity index is 1.64. The van der Waals surface area contributed by atoms with E-state index in [1.54, 1.807) is 10.1 Å². The lowest BCUT2D eigenvalue weighted by atomic mass is 9.80. The van der Waals surface area contributed by atoms with Gasteiger partial charge >= 0.3 is 11.9 Å². The normalized spacial score (nSPS) is 24.6. The number of piperidine rings is 2. The summed E-state index contributed by atoms with van der Waals surface area (Å²) in [5.74, 6) is -0.293. The number of rotatable bonds is 12. The molecule has 222 valence electrons. The highest BCUT2D eigenvalue weighted by molar-refractivity contribution is 5.72. The SMILES string of the molecule is CCC(CCCCCCCC(=O)OC1CC(C)(C)N([OH2+])C(C)(C)C1)C(=O)OC1CC(C)(C)N([OH2+])C(C)(C)C1. The molecule has 0 aromatic heterocycles. The third-order valence-electron chi connectivity index (χ3n) is 8.67. The first-order valence-electron chi connectivity index (χ1n) is 14.8. The molecular formula is C30H58N2O6+2. The second-order valence-electron chi connectivity index (χ2n) is 14.3. The molecule has 2 aliphatic rings. The predicted octanol–water partition coefficient (Wildman–Crippen LogP) is 5.15. The van der Waals surface area contributed by atoms with Crippen LogP contribution in [0.5, 0.6) is 0 Å². The lowest BCUT2D eigenvalue weighted by molar-refractivity contribution is -0.260. The summed E-state index contributed by atoms with van der Waals surface area (Å²) in [6.45, 7) is 18.4. The Morgan fingerprint density at radius 1 is 0.711 bits per heavy atom. The largest absolute Gasteiger partial charge is 0.462 e. The number of carbonyl (C=O) groups is 2. The van der Waals surface area contributed by atoms with Crippen molar-refractivity contribution in [2.75, 3.05) is 0 Å². The highest BCUT2D eigenvalue weighted by Gasteiger charge is 2.51.